The standard InChI is InChI=1S/C34H50O3/c1-22(2)10-9-11-23(3)31-30(35)21-29-27-15-14-25-20-26(37-32(36)24-12-7-6-8-13-24)16-18-33(25,4)28(27)17-19-34(29,31)5/h6-8,12-14,22-23,26-31,35H,9-11,15-21H2,1-5H3/t23-,26+,27-,28+,29+,30+,31+,33+,34+/m1/s1. The summed E-state index contributed by atoms with van der Waals surface area (Å²) in [5.41, 5.74) is 2.66. The minimum Gasteiger partial charge on any atom is -0.458 e. The van der Waals surface area contributed by atoms with Gasteiger partial charge in [-0.3, -0.25) is 0 Å². The minimum atomic E-state index is -0.189. The Morgan fingerprint density at radius 3 is 2.54 bits per heavy atom. The number of hydrogen-bond donors (Lipinski definition) is 1. The molecule has 1 N–H and O–H groups in total. The number of allylic oxidation sites excluding steroid dienone is 1. The lowest BCUT2D eigenvalue weighted by Gasteiger charge is -2.58. The van der Waals surface area contributed by atoms with Crippen LogP contribution in [0.3, 0.4) is 0 Å². The number of aliphatic hydroxyl groups is 1. The molecule has 3 saturated carbocycles. The van der Waals surface area contributed by atoms with Gasteiger partial charge in [-0.25, -0.2) is 4.79 Å². The summed E-state index contributed by atoms with van der Waals surface area (Å²) in [5, 5.41) is 11.4. The smallest absolute Gasteiger partial charge is 0.338 e. The molecule has 0 unspecified atom stereocenters. The largest absolute Gasteiger partial charge is 0.458 e. The quantitative estimate of drug-likeness (QED) is 0.299. The van der Waals surface area contributed by atoms with Gasteiger partial charge in [-0.1, -0.05) is 83.7 Å². The molecule has 5 rings (SSSR count). The number of carbonyl (C=O) groups excluding carboxylic acids is 1. The van der Waals surface area contributed by atoms with Gasteiger partial charge in [0, 0.05) is 6.42 Å². The molecule has 3 fully saturated rings. The summed E-state index contributed by atoms with van der Waals surface area (Å²) in [4.78, 5) is 12.7. The first-order chi connectivity index (χ1) is 17.6. The minimum absolute atomic E-state index is 0.0122. The van der Waals surface area contributed by atoms with Crippen LogP contribution >= 0.6 is 0 Å². The van der Waals surface area contributed by atoms with E-state index in [2.05, 4.69) is 40.7 Å². The van der Waals surface area contributed by atoms with Crippen molar-refractivity contribution in [2.45, 2.75) is 111 Å². The van der Waals surface area contributed by atoms with Crippen LogP contribution in [0, 0.1) is 46.3 Å². The fraction of sp³-hybridized carbons (Fsp3) is 0.735. The van der Waals surface area contributed by atoms with Gasteiger partial charge >= 0.3 is 5.97 Å². The fourth-order valence-corrected chi connectivity index (χ4v) is 9.63. The molecule has 204 valence electrons. The van der Waals surface area contributed by atoms with Crippen LogP contribution in [0.5, 0.6) is 0 Å². The van der Waals surface area contributed by atoms with Crippen molar-refractivity contribution in [1.82, 2.24) is 0 Å². The van der Waals surface area contributed by atoms with Crippen LogP contribution in [-0.4, -0.2) is 23.3 Å². The van der Waals surface area contributed by atoms with Crippen LogP contribution in [-0.2, 0) is 4.74 Å². The number of rotatable bonds is 7. The normalized spacial score (nSPS) is 39.8. The topological polar surface area (TPSA) is 46.5 Å². The molecular formula is C34H50O3. The molecular weight excluding hydrogens is 456 g/mol. The van der Waals surface area contributed by atoms with Gasteiger partial charge in [-0.05, 0) is 97.0 Å². The van der Waals surface area contributed by atoms with Crippen LogP contribution in [0.15, 0.2) is 42.0 Å². The van der Waals surface area contributed by atoms with Gasteiger partial charge in [0.05, 0.1) is 11.7 Å². The highest BCUT2D eigenvalue weighted by atomic mass is 16.5. The Balaban J connectivity index is 1.28. The van der Waals surface area contributed by atoms with Crippen molar-refractivity contribution in [3.05, 3.63) is 47.5 Å². The number of fused-ring (bicyclic) bond motifs is 5. The number of aliphatic hydroxyl groups excluding tert-OH is 1. The Labute approximate surface area is 225 Å². The Hall–Kier alpha value is -1.61. The maximum Gasteiger partial charge on any atom is 0.338 e. The summed E-state index contributed by atoms with van der Waals surface area (Å²) in [5.74, 6) is 3.61. The number of carbonyl (C=O) groups is 1. The zero-order valence-corrected chi connectivity index (χ0v) is 23.9. The van der Waals surface area contributed by atoms with E-state index in [1.807, 2.05) is 30.3 Å². The van der Waals surface area contributed by atoms with Crippen molar-refractivity contribution in [2.24, 2.45) is 46.3 Å². The number of ether oxygens (including phenoxy) is 1. The molecule has 0 amide bonds. The van der Waals surface area contributed by atoms with E-state index in [-0.39, 0.29) is 29.0 Å². The van der Waals surface area contributed by atoms with E-state index >= 15 is 0 Å². The van der Waals surface area contributed by atoms with Gasteiger partial charge in [0.25, 0.3) is 0 Å². The molecule has 3 heteroatoms. The first-order valence-corrected chi connectivity index (χ1v) is 15.3. The van der Waals surface area contributed by atoms with Crippen molar-refractivity contribution in [3.63, 3.8) is 0 Å². The molecule has 9 atom stereocenters. The van der Waals surface area contributed by atoms with E-state index < -0.39 is 0 Å². The summed E-state index contributed by atoms with van der Waals surface area (Å²) in [6.07, 6.45) is 13.8. The Bertz CT molecular complexity index is 982. The summed E-state index contributed by atoms with van der Waals surface area (Å²) < 4.78 is 5.98. The highest BCUT2D eigenvalue weighted by Crippen LogP contribution is 2.67. The number of hydrogen-bond acceptors (Lipinski definition) is 3. The highest BCUT2D eigenvalue weighted by molar-refractivity contribution is 5.89. The average molecular weight is 507 g/mol. The number of esters is 1. The SMILES string of the molecule is CC(C)CCC[C@@H](C)[C@H]1[C@@H](O)C[C@H]2[C@@H]3CC=C4C[C@@H](OC(=O)c5ccccc5)CC[C@]4(C)[C@H]3CC[C@]12C. The third-order valence-corrected chi connectivity index (χ3v) is 11.5. The van der Waals surface area contributed by atoms with Crippen LogP contribution in [0.4, 0.5) is 0 Å². The zero-order chi connectivity index (χ0) is 26.4. The zero-order valence-electron chi connectivity index (χ0n) is 23.9. The average Bonchev–Trinajstić information content (AvgIpc) is 3.14. The van der Waals surface area contributed by atoms with E-state index in [1.165, 1.54) is 37.7 Å². The molecule has 1 aromatic carbocycles. The third kappa shape index (κ3) is 4.95. The fourth-order valence-electron chi connectivity index (χ4n) is 9.63. The first kappa shape index (κ1) is 27.0. The van der Waals surface area contributed by atoms with Gasteiger partial charge in [-0.2, -0.15) is 0 Å². The molecule has 0 spiro atoms. The summed E-state index contributed by atoms with van der Waals surface area (Å²) >= 11 is 0. The monoisotopic (exact) mass is 506 g/mol. The van der Waals surface area contributed by atoms with E-state index in [1.54, 1.807) is 0 Å². The van der Waals surface area contributed by atoms with E-state index in [0.717, 1.165) is 38.0 Å². The lowest BCUT2D eigenvalue weighted by atomic mass is 9.47. The van der Waals surface area contributed by atoms with Crippen molar-refractivity contribution in [3.8, 4) is 0 Å². The first-order valence-electron chi connectivity index (χ1n) is 15.3. The van der Waals surface area contributed by atoms with E-state index in [0.29, 0.717) is 35.2 Å². The van der Waals surface area contributed by atoms with E-state index in [4.69, 9.17) is 4.74 Å². The van der Waals surface area contributed by atoms with Crippen molar-refractivity contribution < 1.29 is 14.6 Å². The van der Waals surface area contributed by atoms with Gasteiger partial charge in [-0.15, -0.1) is 0 Å². The van der Waals surface area contributed by atoms with Crippen LogP contribution in [0.25, 0.3) is 0 Å². The predicted octanol–water partition coefficient (Wildman–Crippen LogP) is 8.22. The van der Waals surface area contributed by atoms with Crippen LogP contribution in [0.2, 0.25) is 0 Å². The molecule has 4 aliphatic carbocycles. The number of benzene rings is 1. The molecule has 0 radical (unpaired) electrons. The van der Waals surface area contributed by atoms with Crippen LogP contribution < -0.4 is 0 Å². The van der Waals surface area contributed by atoms with Gasteiger partial charge < -0.3 is 9.84 Å². The Kier molecular flexibility index (Phi) is 7.66. The molecule has 3 nitrogen and oxygen atoms in total. The Morgan fingerprint density at radius 2 is 1.81 bits per heavy atom. The molecule has 4 aliphatic rings. The van der Waals surface area contributed by atoms with Gasteiger partial charge in [0.2, 0.25) is 0 Å². The second kappa shape index (κ2) is 10.5. The lowest BCUT2D eigenvalue weighted by Crippen LogP contribution is -2.51. The maximum absolute atomic E-state index is 12.7. The lowest BCUT2D eigenvalue weighted by molar-refractivity contribution is -0.0637. The molecule has 0 heterocycles. The summed E-state index contributed by atoms with van der Waals surface area (Å²) in [6, 6.07) is 9.40. The molecule has 0 bridgehead atoms. The second-order valence-corrected chi connectivity index (χ2v) is 14.1. The van der Waals surface area contributed by atoms with Crippen LogP contribution in [0.1, 0.15) is 109 Å². The highest BCUT2D eigenvalue weighted by Gasteiger charge is 2.61. The Morgan fingerprint density at radius 1 is 1.05 bits per heavy atom. The van der Waals surface area contributed by atoms with Crippen molar-refractivity contribution >= 4 is 5.97 Å². The molecule has 37 heavy (non-hydrogen) atoms. The van der Waals surface area contributed by atoms with Crippen molar-refractivity contribution in [1.29, 1.82) is 0 Å². The van der Waals surface area contributed by atoms with Crippen molar-refractivity contribution in [2.75, 3.05) is 0 Å². The van der Waals surface area contributed by atoms with Gasteiger partial charge in [0.15, 0.2) is 0 Å². The summed E-state index contributed by atoms with van der Waals surface area (Å²) in [6.45, 7) is 12.1. The second-order valence-electron chi connectivity index (χ2n) is 14.1. The summed E-state index contributed by atoms with van der Waals surface area (Å²) in [7, 11) is 0. The predicted molar refractivity (Wildman–Crippen MR) is 150 cm³/mol. The molecule has 0 aromatic heterocycles. The maximum atomic E-state index is 12.7. The van der Waals surface area contributed by atoms with E-state index in [9.17, 15) is 9.90 Å². The molecule has 1 aromatic rings. The van der Waals surface area contributed by atoms with Gasteiger partial charge in [0.1, 0.15) is 6.10 Å². The third-order valence-electron chi connectivity index (χ3n) is 11.5. The molecule has 0 saturated heterocycles. The molecule has 0 aliphatic heterocycles.